The van der Waals surface area contributed by atoms with Crippen LogP contribution < -0.4 is 21.1 Å². The third-order valence-corrected chi connectivity index (χ3v) is 3.59. The van der Waals surface area contributed by atoms with Crippen LogP contribution in [0.5, 0.6) is 5.75 Å². The van der Waals surface area contributed by atoms with E-state index in [4.69, 9.17) is 14.9 Å². The van der Waals surface area contributed by atoms with Gasteiger partial charge in [0.25, 0.3) is 0 Å². The van der Waals surface area contributed by atoms with Gasteiger partial charge in [-0.2, -0.15) is 0 Å². The molecule has 0 saturated heterocycles. The number of ether oxygens (including phenoxy) is 1. The summed E-state index contributed by atoms with van der Waals surface area (Å²) in [6, 6.07) is 12.3. The Bertz CT molecular complexity index is 845. The third-order valence-electron chi connectivity index (χ3n) is 3.59. The maximum Gasteiger partial charge on any atom is 0.319 e. The Morgan fingerprint density at radius 1 is 1.24 bits per heavy atom. The molecule has 7 heteroatoms. The molecule has 0 saturated carbocycles. The summed E-state index contributed by atoms with van der Waals surface area (Å²) in [5.74, 6) is 1.17. The van der Waals surface area contributed by atoms with Crippen LogP contribution in [-0.4, -0.2) is 18.1 Å². The average molecular weight is 338 g/mol. The molecule has 3 rings (SSSR count). The quantitative estimate of drug-likeness (QED) is 0.620. The Balaban J connectivity index is 1.64. The molecule has 0 spiro atoms. The van der Waals surface area contributed by atoms with E-state index in [0.29, 0.717) is 29.4 Å². The zero-order valence-corrected chi connectivity index (χ0v) is 13.7. The van der Waals surface area contributed by atoms with Crippen molar-refractivity contribution in [3.8, 4) is 17.1 Å². The second-order valence-electron chi connectivity index (χ2n) is 5.33. The number of rotatable bonds is 5. The molecule has 0 unspecified atom stereocenters. The maximum absolute atomic E-state index is 12.0. The minimum Gasteiger partial charge on any atom is -0.496 e. The molecule has 0 bridgehead atoms. The molecule has 128 valence electrons. The number of benzene rings is 2. The maximum atomic E-state index is 12.0. The van der Waals surface area contributed by atoms with Crippen molar-refractivity contribution < 1.29 is 13.9 Å². The van der Waals surface area contributed by atoms with Crippen LogP contribution in [0.3, 0.4) is 0 Å². The van der Waals surface area contributed by atoms with Gasteiger partial charge in [0, 0.05) is 24.0 Å². The van der Waals surface area contributed by atoms with Crippen LogP contribution >= 0.6 is 0 Å². The molecule has 0 aliphatic carbocycles. The molecule has 4 N–H and O–H groups in total. The fraction of sp³-hybridized carbons (Fsp3) is 0.111. The number of nitrogens with one attached hydrogen (secondary N) is 2. The molecule has 0 atom stereocenters. The normalized spacial score (nSPS) is 10.3. The molecule has 25 heavy (non-hydrogen) atoms. The van der Waals surface area contributed by atoms with Crippen LogP contribution in [0.1, 0.15) is 5.56 Å². The molecular weight excluding hydrogens is 320 g/mol. The summed E-state index contributed by atoms with van der Waals surface area (Å²) in [6.07, 6.45) is 2.95. The number of hydrogen-bond donors (Lipinski definition) is 3. The molecule has 3 aromatic rings. The van der Waals surface area contributed by atoms with E-state index in [2.05, 4.69) is 15.6 Å². The van der Waals surface area contributed by atoms with E-state index in [0.717, 1.165) is 11.1 Å². The first-order valence-corrected chi connectivity index (χ1v) is 7.62. The van der Waals surface area contributed by atoms with Crippen LogP contribution in [0.15, 0.2) is 59.5 Å². The first-order valence-electron chi connectivity index (χ1n) is 7.62. The van der Waals surface area contributed by atoms with Crippen molar-refractivity contribution in [3.05, 3.63) is 60.6 Å². The Morgan fingerprint density at radius 3 is 2.72 bits per heavy atom. The molecule has 0 aliphatic rings. The van der Waals surface area contributed by atoms with Crippen LogP contribution in [0.4, 0.5) is 16.2 Å². The van der Waals surface area contributed by atoms with Gasteiger partial charge in [0.2, 0.25) is 0 Å². The minimum absolute atomic E-state index is 0.314. The Morgan fingerprint density at radius 2 is 2.04 bits per heavy atom. The van der Waals surface area contributed by atoms with Crippen LogP contribution in [0.25, 0.3) is 11.3 Å². The van der Waals surface area contributed by atoms with Gasteiger partial charge in [-0.3, -0.25) is 0 Å². The number of nitrogens with two attached hydrogens (primary N) is 1. The summed E-state index contributed by atoms with van der Waals surface area (Å²) in [5.41, 5.74) is 8.65. The number of anilines is 2. The van der Waals surface area contributed by atoms with Gasteiger partial charge in [0.1, 0.15) is 5.75 Å². The fourth-order valence-electron chi connectivity index (χ4n) is 2.31. The monoisotopic (exact) mass is 338 g/mol. The molecule has 2 aromatic carbocycles. The van der Waals surface area contributed by atoms with Gasteiger partial charge in [0.15, 0.2) is 12.2 Å². The summed E-state index contributed by atoms with van der Waals surface area (Å²) < 4.78 is 10.6. The second kappa shape index (κ2) is 7.39. The molecule has 2 amide bonds. The van der Waals surface area contributed by atoms with Crippen LogP contribution in [0.2, 0.25) is 0 Å². The summed E-state index contributed by atoms with van der Waals surface area (Å²) in [6.45, 7) is 0.402. The first kappa shape index (κ1) is 16.4. The molecule has 7 nitrogen and oxygen atoms in total. The molecule has 1 heterocycles. The van der Waals surface area contributed by atoms with E-state index >= 15 is 0 Å². The van der Waals surface area contributed by atoms with Gasteiger partial charge < -0.3 is 25.5 Å². The zero-order chi connectivity index (χ0) is 17.6. The number of hydrogen-bond acceptors (Lipinski definition) is 5. The number of urea groups is 1. The Labute approximate surface area is 144 Å². The second-order valence-corrected chi connectivity index (χ2v) is 5.33. The van der Waals surface area contributed by atoms with Gasteiger partial charge in [-0.05, 0) is 29.8 Å². The summed E-state index contributed by atoms with van der Waals surface area (Å²) in [7, 11) is 1.56. The lowest BCUT2D eigenvalue weighted by atomic mass is 10.1. The Hall–Kier alpha value is -3.48. The van der Waals surface area contributed by atoms with E-state index in [1.165, 1.54) is 6.39 Å². The summed E-state index contributed by atoms with van der Waals surface area (Å²) >= 11 is 0. The predicted molar refractivity (Wildman–Crippen MR) is 95.2 cm³/mol. The van der Waals surface area contributed by atoms with Gasteiger partial charge in [-0.25, -0.2) is 9.78 Å². The largest absolute Gasteiger partial charge is 0.496 e. The number of carbonyl (C=O) groups is 1. The van der Waals surface area contributed by atoms with E-state index in [1.807, 2.05) is 12.1 Å². The number of carbonyl (C=O) groups excluding carboxylic acids is 1. The highest BCUT2D eigenvalue weighted by molar-refractivity contribution is 5.90. The Kier molecular flexibility index (Phi) is 4.84. The van der Waals surface area contributed by atoms with E-state index in [-0.39, 0.29) is 6.03 Å². The number of nitrogens with zero attached hydrogens (tertiary/aromatic N) is 1. The van der Waals surface area contributed by atoms with Crippen molar-refractivity contribution in [2.24, 2.45) is 0 Å². The number of oxazole rings is 1. The molecule has 0 aliphatic heterocycles. The molecule has 0 fully saturated rings. The average Bonchev–Trinajstić information content (AvgIpc) is 3.15. The van der Waals surface area contributed by atoms with Gasteiger partial charge in [-0.1, -0.05) is 12.1 Å². The third kappa shape index (κ3) is 4.08. The lowest BCUT2D eigenvalue weighted by molar-refractivity contribution is 0.251. The highest BCUT2D eigenvalue weighted by atomic mass is 16.5. The van der Waals surface area contributed by atoms with Crippen LogP contribution in [0, 0.1) is 0 Å². The van der Waals surface area contributed by atoms with Crippen molar-refractivity contribution in [1.29, 1.82) is 0 Å². The van der Waals surface area contributed by atoms with Crippen molar-refractivity contribution in [3.63, 3.8) is 0 Å². The number of methoxy groups -OCH3 is 1. The first-order chi connectivity index (χ1) is 12.2. The van der Waals surface area contributed by atoms with Crippen molar-refractivity contribution >= 4 is 17.4 Å². The summed E-state index contributed by atoms with van der Waals surface area (Å²) in [4.78, 5) is 15.9. The van der Waals surface area contributed by atoms with Crippen molar-refractivity contribution in [1.82, 2.24) is 10.3 Å². The standard InChI is InChI=1S/C18H18N4O3/c1-24-16-8-14(6-7-15(16)17-10-20-11-25-17)22-18(23)21-9-12-2-4-13(19)5-3-12/h2-8,10-11H,9,19H2,1H3,(H2,21,22,23). The number of amides is 2. The van der Waals surface area contributed by atoms with Gasteiger partial charge in [0.05, 0.1) is 18.9 Å². The predicted octanol–water partition coefficient (Wildman–Crippen LogP) is 3.25. The summed E-state index contributed by atoms with van der Waals surface area (Å²) in [5, 5.41) is 5.56. The fourth-order valence-corrected chi connectivity index (χ4v) is 2.31. The molecule has 0 radical (unpaired) electrons. The number of aromatic nitrogens is 1. The van der Waals surface area contributed by atoms with Crippen LogP contribution in [-0.2, 0) is 6.54 Å². The highest BCUT2D eigenvalue weighted by Crippen LogP contribution is 2.32. The smallest absolute Gasteiger partial charge is 0.319 e. The SMILES string of the molecule is COc1cc(NC(=O)NCc2ccc(N)cc2)ccc1-c1cnco1. The highest BCUT2D eigenvalue weighted by Gasteiger charge is 2.11. The molecule has 1 aromatic heterocycles. The van der Waals surface area contributed by atoms with E-state index in [1.54, 1.807) is 43.6 Å². The van der Waals surface area contributed by atoms with Crippen molar-refractivity contribution in [2.45, 2.75) is 6.54 Å². The van der Waals surface area contributed by atoms with Crippen molar-refractivity contribution in [2.75, 3.05) is 18.2 Å². The topological polar surface area (TPSA) is 102 Å². The lowest BCUT2D eigenvalue weighted by Gasteiger charge is -2.11. The zero-order valence-electron chi connectivity index (χ0n) is 13.7. The lowest BCUT2D eigenvalue weighted by Crippen LogP contribution is -2.28. The van der Waals surface area contributed by atoms with Gasteiger partial charge in [-0.15, -0.1) is 0 Å². The minimum atomic E-state index is -0.314. The number of nitrogen functional groups attached to an aromatic ring is 1. The van der Waals surface area contributed by atoms with Gasteiger partial charge >= 0.3 is 6.03 Å². The van der Waals surface area contributed by atoms with E-state index in [9.17, 15) is 4.79 Å². The van der Waals surface area contributed by atoms with E-state index < -0.39 is 0 Å². The molecular formula is C18H18N4O3.